The molecule has 1 unspecified atom stereocenters. The summed E-state index contributed by atoms with van der Waals surface area (Å²) in [5, 5.41) is 0. The molecule has 2 saturated heterocycles. The molecule has 0 saturated carbocycles. The number of aryl methyl sites for hydroxylation is 1. The molecule has 2 N–H and O–H groups in total. The number of carbonyl (C=O) groups is 1. The van der Waals surface area contributed by atoms with Crippen LogP contribution in [0, 0.1) is 18.7 Å². The highest BCUT2D eigenvalue weighted by Crippen LogP contribution is 2.33. The number of halogens is 1. The fourth-order valence-corrected chi connectivity index (χ4v) is 4.48. The van der Waals surface area contributed by atoms with Crippen molar-refractivity contribution >= 4 is 28.5 Å². The minimum atomic E-state index is -0.489. The largest absolute Gasteiger partial charge is 0.481 e. The lowest BCUT2D eigenvalue weighted by molar-refractivity contribution is 0.118. The molecule has 2 fully saturated rings. The van der Waals surface area contributed by atoms with E-state index in [1.165, 1.54) is 11.0 Å². The molecule has 33 heavy (non-hydrogen) atoms. The number of nitrogens with zero attached hydrogens (tertiary/aromatic N) is 4. The van der Waals surface area contributed by atoms with Crippen molar-refractivity contribution in [1.29, 1.82) is 0 Å². The predicted octanol–water partition coefficient (Wildman–Crippen LogP) is 3.26. The van der Waals surface area contributed by atoms with Crippen LogP contribution in [-0.4, -0.2) is 55.0 Å². The average molecular weight is 452 g/mol. The van der Waals surface area contributed by atoms with Crippen molar-refractivity contribution in [2.24, 2.45) is 11.7 Å². The van der Waals surface area contributed by atoms with Gasteiger partial charge >= 0.3 is 6.09 Å². The fourth-order valence-electron chi connectivity index (χ4n) is 4.48. The lowest BCUT2D eigenvalue weighted by Gasteiger charge is -2.42. The minimum absolute atomic E-state index is 0.297. The molecule has 2 aliphatic heterocycles. The Hall–Kier alpha value is -3.46. The number of fused-ring (bicyclic) bond motifs is 1. The number of amides is 1. The smallest absolute Gasteiger partial charge is 0.414 e. The van der Waals surface area contributed by atoms with Gasteiger partial charge < -0.3 is 20.1 Å². The van der Waals surface area contributed by atoms with Crippen molar-refractivity contribution in [3.8, 4) is 5.88 Å². The van der Waals surface area contributed by atoms with Gasteiger partial charge in [0.15, 0.2) is 0 Å². The molecule has 8 nitrogen and oxygen atoms in total. The number of methoxy groups -OCH3 is 1. The molecule has 2 aromatic heterocycles. The summed E-state index contributed by atoms with van der Waals surface area (Å²) in [7, 11) is 1.59. The van der Waals surface area contributed by atoms with Gasteiger partial charge in [-0.15, -0.1) is 0 Å². The first-order valence-corrected chi connectivity index (χ1v) is 11.0. The highest BCUT2D eigenvalue weighted by molar-refractivity contribution is 5.90. The van der Waals surface area contributed by atoms with E-state index in [1.54, 1.807) is 38.4 Å². The first-order chi connectivity index (χ1) is 15.9. The topological polar surface area (TPSA) is 93.8 Å². The second-order valence-corrected chi connectivity index (χ2v) is 8.69. The standard InChI is InChI=1S/C24H26FN5O3/c1-14-3-4-16(10-17(14)25)30-13-21(33-24(30)31)18(26)9-15-11-29(12-15)20-7-8-27-19-5-6-22(32-2)28-23(19)20/h3-8,10,15,18,21H,9,11-13,26H2,1-2H3/t18?,21-/m1/s1. The normalized spacial score (nSPS) is 19.5. The Balaban J connectivity index is 1.20. The first kappa shape index (κ1) is 21.4. The maximum Gasteiger partial charge on any atom is 0.414 e. The number of hydrogen-bond acceptors (Lipinski definition) is 7. The third-order valence-corrected chi connectivity index (χ3v) is 6.43. The van der Waals surface area contributed by atoms with Crippen LogP contribution in [-0.2, 0) is 4.74 Å². The lowest BCUT2D eigenvalue weighted by atomic mass is 9.90. The number of carbonyl (C=O) groups excluding carboxylic acids is 1. The van der Waals surface area contributed by atoms with Crippen LogP contribution >= 0.6 is 0 Å². The summed E-state index contributed by atoms with van der Waals surface area (Å²) in [5.74, 6) is 0.577. The quantitative estimate of drug-likeness (QED) is 0.615. The summed E-state index contributed by atoms with van der Waals surface area (Å²) in [4.78, 5) is 25.0. The highest BCUT2D eigenvalue weighted by Gasteiger charge is 2.39. The zero-order valence-corrected chi connectivity index (χ0v) is 18.6. The molecule has 9 heteroatoms. The zero-order chi connectivity index (χ0) is 23.1. The van der Waals surface area contributed by atoms with Crippen LogP contribution in [0.1, 0.15) is 12.0 Å². The summed E-state index contributed by atoms with van der Waals surface area (Å²) in [5.41, 5.74) is 10.1. The van der Waals surface area contributed by atoms with Crippen LogP contribution in [0.4, 0.5) is 20.6 Å². The van der Waals surface area contributed by atoms with Crippen LogP contribution in [0.2, 0.25) is 0 Å². The van der Waals surface area contributed by atoms with Gasteiger partial charge in [-0.3, -0.25) is 9.88 Å². The number of anilines is 2. The van der Waals surface area contributed by atoms with Crippen molar-refractivity contribution in [2.45, 2.75) is 25.5 Å². The summed E-state index contributed by atoms with van der Waals surface area (Å²) in [6.07, 6.45) is 1.59. The van der Waals surface area contributed by atoms with E-state index in [0.717, 1.165) is 36.2 Å². The van der Waals surface area contributed by atoms with Crippen LogP contribution in [0.3, 0.4) is 0 Å². The number of nitrogens with two attached hydrogens (primary N) is 1. The van der Waals surface area contributed by atoms with Crippen LogP contribution in [0.5, 0.6) is 5.88 Å². The number of aromatic nitrogens is 2. The Morgan fingerprint density at radius 1 is 1.24 bits per heavy atom. The van der Waals surface area contributed by atoms with Gasteiger partial charge in [-0.05, 0) is 49.1 Å². The monoisotopic (exact) mass is 451 g/mol. The van der Waals surface area contributed by atoms with Crippen LogP contribution in [0.25, 0.3) is 11.0 Å². The molecule has 172 valence electrons. The second kappa shape index (κ2) is 8.47. The molecule has 0 radical (unpaired) electrons. The third kappa shape index (κ3) is 4.04. The van der Waals surface area contributed by atoms with Gasteiger partial charge in [-0.1, -0.05) is 6.07 Å². The van der Waals surface area contributed by atoms with E-state index in [1.807, 2.05) is 12.1 Å². The van der Waals surface area contributed by atoms with E-state index in [4.69, 9.17) is 15.2 Å². The minimum Gasteiger partial charge on any atom is -0.481 e. The van der Waals surface area contributed by atoms with Crippen LogP contribution in [0.15, 0.2) is 42.6 Å². The van der Waals surface area contributed by atoms with Crippen molar-refractivity contribution in [1.82, 2.24) is 9.97 Å². The molecule has 5 rings (SSSR count). The van der Waals surface area contributed by atoms with Crippen molar-refractivity contribution in [2.75, 3.05) is 36.5 Å². The fraction of sp³-hybridized carbons (Fsp3) is 0.375. The average Bonchev–Trinajstić information content (AvgIpc) is 3.18. The molecule has 2 atom stereocenters. The Kier molecular flexibility index (Phi) is 5.49. The van der Waals surface area contributed by atoms with Gasteiger partial charge in [-0.25, -0.2) is 14.2 Å². The molecule has 2 aliphatic rings. The molecule has 1 amide bonds. The van der Waals surface area contributed by atoms with Crippen molar-refractivity contribution in [3.63, 3.8) is 0 Å². The maximum absolute atomic E-state index is 13.9. The van der Waals surface area contributed by atoms with Gasteiger partial charge in [-0.2, -0.15) is 0 Å². The number of cyclic esters (lactones) is 1. The number of rotatable bonds is 6. The number of ether oxygens (including phenoxy) is 2. The molecular formula is C24H26FN5O3. The number of benzene rings is 1. The molecule has 3 aromatic rings. The number of pyridine rings is 2. The van der Waals surface area contributed by atoms with Crippen molar-refractivity contribution in [3.05, 3.63) is 54.0 Å². The molecule has 0 bridgehead atoms. The Morgan fingerprint density at radius 2 is 2.06 bits per heavy atom. The zero-order valence-electron chi connectivity index (χ0n) is 18.6. The highest BCUT2D eigenvalue weighted by atomic mass is 19.1. The molecule has 4 heterocycles. The van der Waals surface area contributed by atoms with Crippen molar-refractivity contribution < 1.29 is 18.7 Å². The van der Waals surface area contributed by atoms with Gasteiger partial charge in [0.1, 0.15) is 17.4 Å². The summed E-state index contributed by atoms with van der Waals surface area (Å²) in [6, 6.07) is 10.1. The second-order valence-electron chi connectivity index (χ2n) is 8.69. The van der Waals surface area contributed by atoms with E-state index in [0.29, 0.717) is 29.6 Å². The van der Waals surface area contributed by atoms with Gasteiger partial charge in [0, 0.05) is 31.4 Å². The van der Waals surface area contributed by atoms with E-state index < -0.39 is 12.2 Å². The van der Waals surface area contributed by atoms with E-state index in [2.05, 4.69) is 14.9 Å². The summed E-state index contributed by atoms with van der Waals surface area (Å²) >= 11 is 0. The Morgan fingerprint density at radius 3 is 2.82 bits per heavy atom. The molecule has 0 aliphatic carbocycles. The summed E-state index contributed by atoms with van der Waals surface area (Å²) in [6.45, 7) is 3.67. The van der Waals surface area contributed by atoms with Gasteiger partial charge in [0.2, 0.25) is 5.88 Å². The molecule has 1 aromatic carbocycles. The third-order valence-electron chi connectivity index (χ3n) is 6.43. The molecular weight excluding hydrogens is 425 g/mol. The Bertz CT molecular complexity index is 1200. The SMILES string of the molecule is COc1ccc2nccc(N3CC(CC(N)[C@H]4CN(c5ccc(C)c(F)c5)C(=O)O4)C3)c2n1. The number of hydrogen-bond donors (Lipinski definition) is 1. The first-order valence-electron chi connectivity index (χ1n) is 11.0. The van der Waals surface area contributed by atoms with E-state index >= 15 is 0 Å². The molecule has 0 spiro atoms. The van der Waals surface area contributed by atoms with Gasteiger partial charge in [0.25, 0.3) is 0 Å². The predicted molar refractivity (Wildman–Crippen MR) is 123 cm³/mol. The van der Waals surface area contributed by atoms with Crippen LogP contribution < -0.4 is 20.3 Å². The Labute approximate surface area is 191 Å². The lowest BCUT2D eigenvalue weighted by Crippen LogP contribution is -2.51. The summed E-state index contributed by atoms with van der Waals surface area (Å²) < 4.78 is 24.7. The van der Waals surface area contributed by atoms with E-state index in [9.17, 15) is 9.18 Å². The van der Waals surface area contributed by atoms with E-state index in [-0.39, 0.29) is 11.9 Å². The van der Waals surface area contributed by atoms with Gasteiger partial charge in [0.05, 0.1) is 30.5 Å². The maximum atomic E-state index is 13.9.